The molecule has 0 aliphatic carbocycles. The van der Waals surface area contributed by atoms with E-state index in [0.717, 1.165) is 27.6 Å². The van der Waals surface area contributed by atoms with Gasteiger partial charge in [-0.25, -0.2) is 0 Å². The predicted octanol–water partition coefficient (Wildman–Crippen LogP) is 4.36. The standard InChI is InChI=1S/C15H11Cl2N5OS/c1-7-11(8(2)23-21-7)6-13-20-22-14(18-19-15(22)24-13)10-4-3-9(16)5-12(10)17/h3-5H,6H2,1-2H3. The van der Waals surface area contributed by atoms with E-state index < -0.39 is 0 Å². The molecule has 24 heavy (non-hydrogen) atoms. The van der Waals surface area contributed by atoms with E-state index in [4.69, 9.17) is 27.7 Å². The number of rotatable bonds is 3. The van der Waals surface area contributed by atoms with E-state index >= 15 is 0 Å². The summed E-state index contributed by atoms with van der Waals surface area (Å²) in [4.78, 5) is 0.706. The second kappa shape index (κ2) is 5.84. The smallest absolute Gasteiger partial charge is 0.234 e. The third-order valence-corrected chi connectivity index (χ3v) is 5.16. The summed E-state index contributed by atoms with van der Waals surface area (Å²) in [6.45, 7) is 3.82. The molecule has 0 unspecified atom stereocenters. The zero-order chi connectivity index (χ0) is 16.8. The zero-order valence-corrected chi connectivity index (χ0v) is 15.1. The fraction of sp³-hybridized carbons (Fsp3) is 0.200. The Bertz CT molecular complexity index is 1030. The Labute approximate surface area is 151 Å². The van der Waals surface area contributed by atoms with E-state index in [1.165, 1.54) is 11.3 Å². The highest BCUT2D eigenvalue weighted by Gasteiger charge is 2.18. The Morgan fingerprint density at radius 2 is 2.04 bits per heavy atom. The van der Waals surface area contributed by atoms with Crippen molar-refractivity contribution in [3.63, 3.8) is 0 Å². The van der Waals surface area contributed by atoms with Crippen LogP contribution < -0.4 is 0 Å². The molecule has 6 nitrogen and oxygen atoms in total. The fourth-order valence-corrected chi connectivity index (χ4v) is 3.81. The molecule has 4 rings (SSSR count). The van der Waals surface area contributed by atoms with Crippen LogP contribution in [0.1, 0.15) is 22.0 Å². The van der Waals surface area contributed by atoms with Gasteiger partial charge in [0.1, 0.15) is 10.8 Å². The minimum Gasteiger partial charge on any atom is -0.361 e. The van der Waals surface area contributed by atoms with Crippen molar-refractivity contribution in [3.8, 4) is 11.4 Å². The Kier molecular flexibility index (Phi) is 3.79. The maximum Gasteiger partial charge on any atom is 0.234 e. The van der Waals surface area contributed by atoms with Gasteiger partial charge in [-0.05, 0) is 32.0 Å². The molecule has 0 amide bonds. The van der Waals surface area contributed by atoms with E-state index in [1.807, 2.05) is 19.9 Å². The maximum absolute atomic E-state index is 6.27. The summed E-state index contributed by atoms with van der Waals surface area (Å²) in [5.41, 5.74) is 2.66. The van der Waals surface area contributed by atoms with E-state index in [0.29, 0.717) is 27.3 Å². The summed E-state index contributed by atoms with van der Waals surface area (Å²) in [7, 11) is 0. The first-order valence-electron chi connectivity index (χ1n) is 7.11. The van der Waals surface area contributed by atoms with Crippen LogP contribution >= 0.6 is 34.5 Å². The van der Waals surface area contributed by atoms with Gasteiger partial charge in [0.05, 0.1) is 10.7 Å². The van der Waals surface area contributed by atoms with Crippen LogP contribution in [0.4, 0.5) is 0 Å². The number of nitrogens with zero attached hydrogens (tertiary/aromatic N) is 5. The van der Waals surface area contributed by atoms with Crippen LogP contribution in [-0.2, 0) is 6.42 Å². The average Bonchev–Trinajstić information content (AvgIpc) is 3.18. The lowest BCUT2D eigenvalue weighted by Gasteiger charge is -2.01. The molecule has 0 aliphatic heterocycles. The number of benzene rings is 1. The Balaban J connectivity index is 1.76. The Hall–Kier alpha value is -1.96. The third-order valence-electron chi connectivity index (χ3n) is 3.71. The molecule has 0 fully saturated rings. The van der Waals surface area contributed by atoms with Crippen molar-refractivity contribution in [2.75, 3.05) is 0 Å². The predicted molar refractivity (Wildman–Crippen MR) is 92.9 cm³/mol. The Morgan fingerprint density at radius 1 is 1.21 bits per heavy atom. The molecule has 3 aromatic heterocycles. The second-order valence-electron chi connectivity index (χ2n) is 5.32. The highest BCUT2D eigenvalue weighted by molar-refractivity contribution is 7.16. The van der Waals surface area contributed by atoms with Crippen LogP contribution in [0, 0.1) is 13.8 Å². The number of halogens is 2. The first kappa shape index (κ1) is 15.6. The number of fused-ring (bicyclic) bond motifs is 1. The average molecular weight is 380 g/mol. The van der Waals surface area contributed by atoms with Gasteiger partial charge in [0.15, 0.2) is 5.82 Å². The van der Waals surface area contributed by atoms with Crippen LogP contribution in [0.25, 0.3) is 16.3 Å². The van der Waals surface area contributed by atoms with Gasteiger partial charge in [-0.3, -0.25) is 0 Å². The molecule has 9 heteroatoms. The first-order valence-corrected chi connectivity index (χ1v) is 8.68. The van der Waals surface area contributed by atoms with E-state index in [1.54, 1.807) is 16.6 Å². The lowest BCUT2D eigenvalue weighted by Crippen LogP contribution is -1.95. The highest BCUT2D eigenvalue weighted by atomic mass is 35.5. The fourth-order valence-electron chi connectivity index (χ4n) is 2.47. The van der Waals surface area contributed by atoms with Crippen LogP contribution in [0.15, 0.2) is 22.7 Å². The zero-order valence-electron chi connectivity index (χ0n) is 12.7. The van der Waals surface area contributed by atoms with E-state index in [2.05, 4.69) is 20.5 Å². The van der Waals surface area contributed by atoms with Gasteiger partial charge in [0.25, 0.3) is 0 Å². The van der Waals surface area contributed by atoms with Crippen molar-refractivity contribution in [1.82, 2.24) is 25.0 Å². The molecule has 1 aromatic carbocycles. The molecule has 0 bridgehead atoms. The minimum atomic E-state index is 0.511. The van der Waals surface area contributed by atoms with Gasteiger partial charge >= 0.3 is 0 Å². The van der Waals surface area contributed by atoms with Gasteiger partial charge in [0.2, 0.25) is 4.96 Å². The topological polar surface area (TPSA) is 69.1 Å². The monoisotopic (exact) mass is 379 g/mol. The third kappa shape index (κ3) is 2.58. The van der Waals surface area contributed by atoms with Gasteiger partial charge in [-0.2, -0.15) is 9.61 Å². The van der Waals surface area contributed by atoms with Gasteiger partial charge in [0, 0.05) is 22.6 Å². The number of hydrogen-bond acceptors (Lipinski definition) is 6. The van der Waals surface area contributed by atoms with Crippen LogP contribution in [0.3, 0.4) is 0 Å². The molecule has 0 saturated heterocycles. The summed E-state index contributed by atoms with van der Waals surface area (Å²) in [6.07, 6.45) is 0.642. The van der Waals surface area contributed by atoms with Crippen LogP contribution in [-0.4, -0.2) is 25.0 Å². The van der Waals surface area contributed by atoms with Gasteiger partial charge in [-0.1, -0.05) is 39.7 Å². The quantitative estimate of drug-likeness (QED) is 0.528. The molecule has 122 valence electrons. The molecule has 0 radical (unpaired) electrons. The summed E-state index contributed by atoms with van der Waals surface area (Å²) in [5.74, 6) is 1.40. The van der Waals surface area contributed by atoms with Gasteiger partial charge < -0.3 is 4.52 Å². The summed E-state index contributed by atoms with van der Waals surface area (Å²) in [5, 5.41) is 19.0. The minimum absolute atomic E-state index is 0.511. The molecular formula is C15H11Cl2N5OS. The summed E-state index contributed by atoms with van der Waals surface area (Å²) in [6, 6.07) is 5.26. The molecule has 4 aromatic rings. The summed E-state index contributed by atoms with van der Waals surface area (Å²) >= 11 is 13.7. The number of hydrogen-bond donors (Lipinski definition) is 0. The van der Waals surface area contributed by atoms with Crippen molar-refractivity contribution in [1.29, 1.82) is 0 Å². The van der Waals surface area contributed by atoms with Crippen LogP contribution in [0.2, 0.25) is 10.0 Å². The van der Waals surface area contributed by atoms with Crippen molar-refractivity contribution in [3.05, 3.63) is 50.3 Å². The normalized spacial score (nSPS) is 11.5. The maximum atomic E-state index is 6.27. The van der Waals surface area contributed by atoms with E-state index in [9.17, 15) is 0 Å². The highest BCUT2D eigenvalue weighted by Crippen LogP contribution is 2.30. The second-order valence-corrected chi connectivity index (χ2v) is 7.20. The largest absolute Gasteiger partial charge is 0.361 e. The van der Waals surface area contributed by atoms with E-state index in [-0.39, 0.29) is 0 Å². The van der Waals surface area contributed by atoms with Gasteiger partial charge in [-0.15, -0.1) is 10.2 Å². The molecule has 3 heterocycles. The molecule has 0 spiro atoms. The van der Waals surface area contributed by atoms with Crippen molar-refractivity contribution in [2.45, 2.75) is 20.3 Å². The first-order chi connectivity index (χ1) is 11.5. The van der Waals surface area contributed by atoms with Crippen LogP contribution in [0.5, 0.6) is 0 Å². The molecule has 0 atom stereocenters. The lowest BCUT2D eigenvalue weighted by atomic mass is 10.1. The molecule has 0 N–H and O–H groups in total. The number of aryl methyl sites for hydroxylation is 2. The van der Waals surface area contributed by atoms with Crippen molar-refractivity contribution in [2.24, 2.45) is 0 Å². The molecule has 0 aliphatic rings. The molecular weight excluding hydrogens is 369 g/mol. The number of aromatic nitrogens is 5. The summed E-state index contributed by atoms with van der Waals surface area (Å²) < 4.78 is 6.91. The van der Waals surface area contributed by atoms with Crippen molar-refractivity contribution < 1.29 is 4.52 Å². The Morgan fingerprint density at radius 3 is 2.75 bits per heavy atom. The van der Waals surface area contributed by atoms with Crippen molar-refractivity contribution >= 4 is 39.5 Å². The lowest BCUT2D eigenvalue weighted by molar-refractivity contribution is 0.392. The molecule has 0 saturated carbocycles. The SMILES string of the molecule is Cc1noc(C)c1Cc1nn2c(-c3ccc(Cl)cc3Cl)nnc2s1.